The molecule has 88 valence electrons. The second-order valence-electron chi connectivity index (χ2n) is 4.29. The number of rotatable bonds is 3. The Bertz CT molecular complexity index is 415. The van der Waals surface area contributed by atoms with Gasteiger partial charge in [-0.05, 0) is 36.6 Å². The minimum Gasteiger partial charge on any atom is -0.481 e. The highest BCUT2D eigenvalue weighted by molar-refractivity contribution is 6.33. The summed E-state index contributed by atoms with van der Waals surface area (Å²) in [4.78, 5) is 11.4. The summed E-state index contributed by atoms with van der Waals surface area (Å²) in [7, 11) is 0. The Balaban J connectivity index is 3.43. The van der Waals surface area contributed by atoms with Crippen LogP contribution < -0.4 is 0 Å². The van der Waals surface area contributed by atoms with Crippen molar-refractivity contribution in [3.8, 4) is 0 Å². The molecule has 0 saturated carbocycles. The second-order valence-corrected chi connectivity index (χ2v) is 5.13. The van der Waals surface area contributed by atoms with Crippen LogP contribution in [0.2, 0.25) is 10.0 Å². The number of halogens is 2. The van der Waals surface area contributed by atoms with Gasteiger partial charge in [0.15, 0.2) is 0 Å². The van der Waals surface area contributed by atoms with Gasteiger partial charge >= 0.3 is 5.97 Å². The zero-order chi connectivity index (χ0) is 12.5. The predicted octanol–water partition coefficient (Wildman–Crippen LogP) is 3.99. The first-order valence-corrected chi connectivity index (χ1v) is 5.74. The van der Waals surface area contributed by atoms with Crippen molar-refractivity contribution < 1.29 is 9.90 Å². The van der Waals surface area contributed by atoms with E-state index in [0.29, 0.717) is 15.6 Å². The maximum atomic E-state index is 11.4. The van der Waals surface area contributed by atoms with Gasteiger partial charge in [0.2, 0.25) is 0 Å². The fourth-order valence-electron chi connectivity index (χ4n) is 1.57. The van der Waals surface area contributed by atoms with Crippen molar-refractivity contribution in [1.82, 2.24) is 0 Å². The van der Waals surface area contributed by atoms with Crippen molar-refractivity contribution in [1.29, 1.82) is 0 Å². The molecule has 4 heteroatoms. The standard InChI is InChI=1S/C12H14Cl2O2/c1-7(2)12(3,11(15)16)9-6-8(13)4-5-10(9)14/h4-7H,1-3H3,(H,15,16). The van der Waals surface area contributed by atoms with Gasteiger partial charge in [-0.2, -0.15) is 0 Å². The molecule has 0 aliphatic rings. The molecule has 2 nitrogen and oxygen atoms in total. The number of carbonyl (C=O) groups is 1. The smallest absolute Gasteiger partial charge is 0.314 e. The lowest BCUT2D eigenvalue weighted by Crippen LogP contribution is -2.38. The highest BCUT2D eigenvalue weighted by atomic mass is 35.5. The Morgan fingerprint density at radius 3 is 2.38 bits per heavy atom. The zero-order valence-corrected chi connectivity index (χ0v) is 10.9. The third-order valence-electron chi connectivity index (χ3n) is 3.09. The number of benzene rings is 1. The Morgan fingerprint density at radius 1 is 1.38 bits per heavy atom. The molecule has 16 heavy (non-hydrogen) atoms. The Labute approximate surface area is 105 Å². The van der Waals surface area contributed by atoms with Crippen LogP contribution in [0.25, 0.3) is 0 Å². The van der Waals surface area contributed by atoms with Crippen LogP contribution in [-0.2, 0) is 10.2 Å². The van der Waals surface area contributed by atoms with Crippen LogP contribution in [0.4, 0.5) is 0 Å². The van der Waals surface area contributed by atoms with E-state index in [1.54, 1.807) is 25.1 Å². The van der Waals surface area contributed by atoms with E-state index in [4.69, 9.17) is 23.2 Å². The molecule has 1 N–H and O–H groups in total. The van der Waals surface area contributed by atoms with Crippen LogP contribution in [0, 0.1) is 5.92 Å². The summed E-state index contributed by atoms with van der Waals surface area (Å²) in [6.45, 7) is 5.37. The van der Waals surface area contributed by atoms with E-state index in [9.17, 15) is 9.90 Å². The predicted molar refractivity (Wildman–Crippen MR) is 66.3 cm³/mol. The van der Waals surface area contributed by atoms with Crippen LogP contribution in [0.5, 0.6) is 0 Å². The summed E-state index contributed by atoms with van der Waals surface area (Å²) >= 11 is 11.9. The molecular formula is C12H14Cl2O2. The summed E-state index contributed by atoms with van der Waals surface area (Å²) in [5, 5.41) is 10.3. The van der Waals surface area contributed by atoms with Crippen LogP contribution in [0.3, 0.4) is 0 Å². The maximum Gasteiger partial charge on any atom is 0.314 e. The first-order valence-electron chi connectivity index (χ1n) is 4.99. The van der Waals surface area contributed by atoms with Crippen molar-refractivity contribution in [3.05, 3.63) is 33.8 Å². The molecule has 0 heterocycles. The maximum absolute atomic E-state index is 11.4. The monoisotopic (exact) mass is 260 g/mol. The molecule has 0 aliphatic heterocycles. The van der Waals surface area contributed by atoms with Gasteiger partial charge in [-0.25, -0.2) is 0 Å². The van der Waals surface area contributed by atoms with Crippen molar-refractivity contribution in [3.63, 3.8) is 0 Å². The molecule has 1 rings (SSSR count). The largest absolute Gasteiger partial charge is 0.481 e. The quantitative estimate of drug-likeness (QED) is 0.893. The van der Waals surface area contributed by atoms with Crippen LogP contribution in [0.15, 0.2) is 18.2 Å². The summed E-state index contributed by atoms with van der Waals surface area (Å²) < 4.78 is 0. The average molecular weight is 261 g/mol. The Kier molecular flexibility index (Phi) is 3.87. The molecule has 0 radical (unpaired) electrons. The first kappa shape index (κ1) is 13.3. The molecule has 1 aromatic carbocycles. The lowest BCUT2D eigenvalue weighted by atomic mass is 9.73. The third kappa shape index (κ3) is 2.18. The van der Waals surface area contributed by atoms with Crippen molar-refractivity contribution in [2.45, 2.75) is 26.2 Å². The van der Waals surface area contributed by atoms with E-state index in [-0.39, 0.29) is 5.92 Å². The molecule has 0 spiro atoms. The summed E-state index contributed by atoms with van der Waals surface area (Å²) in [6, 6.07) is 4.90. The van der Waals surface area contributed by atoms with Crippen molar-refractivity contribution in [2.24, 2.45) is 5.92 Å². The Morgan fingerprint density at radius 2 is 1.94 bits per heavy atom. The third-order valence-corrected chi connectivity index (χ3v) is 3.65. The molecule has 1 aromatic rings. The van der Waals surface area contributed by atoms with E-state index in [1.165, 1.54) is 0 Å². The number of carboxylic acids is 1. The molecule has 1 unspecified atom stereocenters. The van der Waals surface area contributed by atoms with E-state index in [1.807, 2.05) is 13.8 Å². The summed E-state index contributed by atoms with van der Waals surface area (Å²) in [5.41, 5.74) is -0.466. The molecule has 0 aromatic heterocycles. The summed E-state index contributed by atoms with van der Waals surface area (Å²) in [5.74, 6) is -0.979. The number of carboxylic acid groups (broad SMARTS) is 1. The van der Waals surface area contributed by atoms with E-state index >= 15 is 0 Å². The van der Waals surface area contributed by atoms with Crippen LogP contribution in [0.1, 0.15) is 26.3 Å². The first-order chi connectivity index (χ1) is 7.30. The van der Waals surface area contributed by atoms with Gasteiger partial charge in [-0.1, -0.05) is 37.0 Å². The van der Waals surface area contributed by atoms with Gasteiger partial charge in [-0.15, -0.1) is 0 Å². The van der Waals surface area contributed by atoms with Gasteiger partial charge in [0.05, 0.1) is 5.41 Å². The lowest BCUT2D eigenvalue weighted by molar-refractivity contribution is -0.145. The minimum atomic E-state index is -1.03. The number of hydrogen-bond donors (Lipinski definition) is 1. The molecule has 0 amide bonds. The van der Waals surface area contributed by atoms with Gasteiger partial charge in [-0.3, -0.25) is 4.79 Å². The molecule has 0 fully saturated rings. The zero-order valence-electron chi connectivity index (χ0n) is 9.42. The number of hydrogen-bond acceptors (Lipinski definition) is 1. The van der Waals surface area contributed by atoms with Crippen molar-refractivity contribution in [2.75, 3.05) is 0 Å². The highest BCUT2D eigenvalue weighted by Crippen LogP contribution is 2.37. The van der Waals surface area contributed by atoms with Gasteiger partial charge in [0.1, 0.15) is 0 Å². The molecule has 0 aliphatic carbocycles. The van der Waals surface area contributed by atoms with Gasteiger partial charge in [0, 0.05) is 10.0 Å². The van der Waals surface area contributed by atoms with Crippen molar-refractivity contribution >= 4 is 29.2 Å². The minimum absolute atomic E-state index is 0.0824. The normalized spacial score (nSPS) is 14.9. The SMILES string of the molecule is CC(C)C(C)(C(=O)O)c1cc(Cl)ccc1Cl. The van der Waals surface area contributed by atoms with Crippen LogP contribution in [-0.4, -0.2) is 11.1 Å². The van der Waals surface area contributed by atoms with E-state index in [0.717, 1.165) is 0 Å². The topological polar surface area (TPSA) is 37.3 Å². The summed E-state index contributed by atoms with van der Waals surface area (Å²) in [6.07, 6.45) is 0. The van der Waals surface area contributed by atoms with E-state index < -0.39 is 11.4 Å². The fraction of sp³-hybridized carbons (Fsp3) is 0.417. The Hall–Kier alpha value is -0.730. The molecular weight excluding hydrogens is 247 g/mol. The van der Waals surface area contributed by atoms with Crippen LogP contribution >= 0.6 is 23.2 Å². The second kappa shape index (κ2) is 4.64. The van der Waals surface area contributed by atoms with E-state index in [2.05, 4.69) is 0 Å². The lowest BCUT2D eigenvalue weighted by Gasteiger charge is -2.30. The fourth-order valence-corrected chi connectivity index (χ4v) is 2.05. The highest BCUT2D eigenvalue weighted by Gasteiger charge is 2.40. The molecule has 0 saturated heterocycles. The van der Waals surface area contributed by atoms with Gasteiger partial charge in [0.25, 0.3) is 0 Å². The average Bonchev–Trinajstić information content (AvgIpc) is 2.19. The molecule has 0 bridgehead atoms. The number of aliphatic carboxylic acids is 1. The van der Waals surface area contributed by atoms with Gasteiger partial charge < -0.3 is 5.11 Å². The molecule has 1 atom stereocenters.